The number of nitrogens with zero attached hydrogens (tertiary/aromatic N) is 4. The highest BCUT2D eigenvalue weighted by Gasteiger charge is 2.13. The zero-order valence-electron chi connectivity index (χ0n) is 14.4. The number of fused-ring (bicyclic) bond motifs is 1. The number of carbonyl (C=O) groups is 1. The van der Waals surface area contributed by atoms with E-state index < -0.39 is 0 Å². The maximum atomic E-state index is 12.5. The van der Waals surface area contributed by atoms with Crippen molar-refractivity contribution in [3.8, 4) is 0 Å². The van der Waals surface area contributed by atoms with Crippen LogP contribution in [0.2, 0.25) is 0 Å². The van der Waals surface area contributed by atoms with Crippen molar-refractivity contribution in [2.24, 2.45) is 0 Å². The molecule has 1 aromatic carbocycles. The van der Waals surface area contributed by atoms with E-state index in [1.807, 2.05) is 63.2 Å². The Kier molecular flexibility index (Phi) is 4.20. The van der Waals surface area contributed by atoms with Gasteiger partial charge in [0.1, 0.15) is 11.5 Å². The molecule has 2 heterocycles. The van der Waals surface area contributed by atoms with E-state index in [-0.39, 0.29) is 5.91 Å². The van der Waals surface area contributed by atoms with Gasteiger partial charge in [-0.05, 0) is 50.2 Å². The molecule has 1 amide bonds. The topological polar surface area (TPSA) is 63.1 Å². The van der Waals surface area contributed by atoms with Gasteiger partial charge in [0.15, 0.2) is 0 Å². The van der Waals surface area contributed by atoms with Gasteiger partial charge < -0.3 is 10.2 Å². The zero-order chi connectivity index (χ0) is 17.3. The van der Waals surface area contributed by atoms with Crippen LogP contribution in [0.3, 0.4) is 0 Å². The molecule has 0 aliphatic rings. The Balaban J connectivity index is 1.87. The summed E-state index contributed by atoms with van der Waals surface area (Å²) < 4.78 is 1.70. The molecule has 0 unspecified atom stereocenters. The number of nitrogens with one attached hydrogen (secondary N) is 1. The lowest BCUT2D eigenvalue weighted by molar-refractivity contribution is 0.101. The highest BCUT2D eigenvalue weighted by molar-refractivity contribution is 6.04. The lowest BCUT2D eigenvalue weighted by Crippen LogP contribution is -2.17. The molecule has 6 heteroatoms. The fraction of sp³-hybridized carbons (Fsp3) is 0.278. The van der Waals surface area contributed by atoms with Crippen LogP contribution in [0.5, 0.6) is 0 Å². The van der Waals surface area contributed by atoms with E-state index in [1.165, 1.54) is 0 Å². The molecule has 0 fully saturated rings. The van der Waals surface area contributed by atoms with Crippen LogP contribution in [-0.2, 0) is 6.54 Å². The van der Waals surface area contributed by atoms with E-state index in [9.17, 15) is 4.79 Å². The van der Waals surface area contributed by atoms with Crippen LogP contribution in [0.4, 0.5) is 11.5 Å². The third-order valence-electron chi connectivity index (χ3n) is 3.82. The van der Waals surface area contributed by atoms with Crippen molar-refractivity contribution in [2.75, 3.05) is 24.3 Å². The maximum Gasteiger partial charge on any atom is 0.273 e. The highest BCUT2D eigenvalue weighted by atomic mass is 16.2. The summed E-state index contributed by atoms with van der Waals surface area (Å²) in [5.41, 5.74) is 3.04. The SMILES string of the molecule is CCn1nc(C)cc1C(=O)Nc1ccc2nc(N(C)C)ccc2c1. The van der Waals surface area contributed by atoms with Gasteiger partial charge in [-0.15, -0.1) is 0 Å². The Morgan fingerprint density at radius 2 is 2.00 bits per heavy atom. The van der Waals surface area contributed by atoms with Crippen molar-refractivity contribution in [3.63, 3.8) is 0 Å². The lowest BCUT2D eigenvalue weighted by atomic mass is 10.2. The van der Waals surface area contributed by atoms with Gasteiger partial charge in [0.2, 0.25) is 0 Å². The largest absolute Gasteiger partial charge is 0.363 e. The summed E-state index contributed by atoms with van der Waals surface area (Å²) in [7, 11) is 3.92. The Labute approximate surface area is 141 Å². The standard InChI is InChI=1S/C18H21N5O/c1-5-23-16(10-12(2)21-23)18(24)19-14-7-8-15-13(11-14)6-9-17(20-15)22(3)4/h6-11H,5H2,1-4H3,(H,19,24). The predicted molar refractivity (Wildman–Crippen MR) is 96.7 cm³/mol. The molecule has 0 saturated carbocycles. The van der Waals surface area contributed by atoms with Crippen molar-refractivity contribution in [1.82, 2.24) is 14.8 Å². The number of anilines is 2. The summed E-state index contributed by atoms with van der Waals surface area (Å²) in [5, 5.41) is 8.23. The molecule has 2 aromatic heterocycles. The second kappa shape index (κ2) is 6.31. The van der Waals surface area contributed by atoms with Gasteiger partial charge >= 0.3 is 0 Å². The number of aryl methyl sites for hydroxylation is 2. The van der Waals surface area contributed by atoms with E-state index in [1.54, 1.807) is 10.7 Å². The zero-order valence-corrected chi connectivity index (χ0v) is 14.4. The molecule has 24 heavy (non-hydrogen) atoms. The average Bonchev–Trinajstić information content (AvgIpc) is 2.95. The summed E-state index contributed by atoms with van der Waals surface area (Å²) in [4.78, 5) is 19.0. The first-order chi connectivity index (χ1) is 11.5. The van der Waals surface area contributed by atoms with Crippen LogP contribution in [-0.4, -0.2) is 34.8 Å². The molecule has 0 bridgehead atoms. The molecule has 0 aliphatic heterocycles. The first kappa shape index (κ1) is 16.0. The summed E-state index contributed by atoms with van der Waals surface area (Å²) >= 11 is 0. The van der Waals surface area contributed by atoms with Crippen molar-refractivity contribution < 1.29 is 4.79 Å². The third-order valence-corrected chi connectivity index (χ3v) is 3.82. The predicted octanol–water partition coefficient (Wildman–Crippen LogP) is 3.08. The minimum Gasteiger partial charge on any atom is -0.363 e. The van der Waals surface area contributed by atoms with Crippen LogP contribution < -0.4 is 10.2 Å². The number of carbonyl (C=O) groups excluding carboxylic acids is 1. The van der Waals surface area contributed by atoms with E-state index in [0.29, 0.717) is 12.2 Å². The highest BCUT2D eigenvalue weighted by Crippen LogP contribution is 2.21. The monoisotopic (exact) mass is 323 g/mol. The van der Waals surface area contributed by atoms with E-state index in [0.717, 1.165) is 28.1 Å². The van der Waals surface area contributed by atoms with E-state index >= 15 is 0 Å². The van der Waals surface area contributed by atoms with E-state index in [2.05, 4.69) is 15.4 Å². The normalized spacial score (nSPS) is 10.8. The Hall–Kier alpha value is -2.89. The third kappa shape index (κ3) is 3.08. The van der Waals surface area contributed by atoms with Gasteiger partial charge in [-0.25, -0.2) is 4.98 Å². The second-order valence-corrected chi connectivity index (χ2v) is 5.91. The lowest BCUT2D eigenvalue weighted by Gasteiger charge is -2.12. The molecule has 0 saturated heterocycles. The molecule has 1 N–H and O–H groups in total. The fourth-order valence-electron chi connectivity index (χ4n) is 2.61. The molecule has 0 atom stereocenters. The molecule has 3 rings (SSSR count). The number of amides is 1. The molecule has 6 nitrogen and oxygen atoms in total. The molecule has 3 aromatic rings. The van der Waals surface area contributed by atoms with Crippen molar-refractivity contribution in [1.29, 1.82) is 0 Å². The minimum absolute atomic E-state index is 0.158. The van der Waals surface area contributed by atoms with Crippen LogP contribution in [0.25, 0.3) is 10.9 Å². The van der Waals surface area contributed by atoms with E-state index in [4.69, 9.17) is 0 Å². The quantitative estimate of drug-likeness (QED) is 0.801. The second-order valence-electron chi connectivity index (χ2n) is 5.91. The number of hydrogen-bond donors (Lipinski definition) is 1. The first-order valence-electron chi connectivity index (χ1n) is 7.92. The number of aromatic nitrogens is 3. The fourth-order valence-corrected chi connectivity index (χ4v) is 2.61. The van der Waals surface area contributed by atoms with Gasteiger partial charge in [-0.3, -0.25) is 9.48 Å². The smallest absolute Gasteiger partial charge is 0.273 e. The van der Waals surface area contributed by atoms with Gasteiger partial charge in [-0.1, -0.05) is 0 Å². The van der Waals surface area contributed by atoms with Crippen LogP contribution >= 0.6 is 0 Å². The summed E-state index contributed by atoms with van der Waals surface area (Å²) in [6.07, 6.45) is 0. The number of rotatable bonds is 4. The average molecular weight is 323 g/mol. The first-order valence-corrected chi connectivity index (χ1v) is 7.92. The maximum absolute atomic E-state index is 12.5. The van der Waals surface area contributed by atoms with Crippen molar-refractivity contribution in [3.05, 3.63) is 47.8 Å². The van der Waals surface area contributed by atoms with Crippen molar-refractivity contribution in [2.45, 2.75) is 20.4 Å². The van der Waals surface area contributed by atoms with Crippen molar-refractivity contribution >= 4 is 28.3 Å². The van der Waals surface area contributed by atoms with Crippen LogP contribution in [0.1, 0.15) is 23.1 Å². The van der Waals surface area contributed by atoms with Crippen LogP contribution in [0, 0.1) is 6.92 Å². The van der Waals surface area contributed by atoms with Gasteiger partial charge in [-0.2, -0.15) is 5.10 Å². The van der Waals surface area contributed by atoms with Gasteiger partial charge in [0.05, 0.1) is 11.2 Å². The summed E-state index contributed by atoms with van der Waals surface area (Å²) in [6, 6.07) is 11.5. The molecular weight excluding hydrogens is 302 g/mol. The molecule has 0 radical (unpaired) electrons. The molecule has 0 spiro atoms. The molecule has 124 valence electrons. The molecular formula is C18H21N5O. The number of pyridine rings is 1. The van der Waals surface area contributed by atoms with Gasteiger partial charge in [0.25, 0.3) is 5.91 Å². The van der Waals surface area contributed by atoms with Crippen LogP contribution in [0.15, 0.2) is 36.4 Å². The number of hydrogen-bond acceptors (Lipinski definition) is 4. The summed E-state index contributed by atoms with van der Waals surface area (Å²) in [5.74, 6) is 0.747. The Morgan fingerprint density at radius 1 is 1.21 bits per heavy atom. The number of benzene rings is 1. The summed E-state index contributed by atoms with van der Waals surface area (Å²) in [6.45, 7) is 4.51. The Morgan fingerprint density at radius 3 is 2.71 bits per heavy atom. The van der Waals surface area contributed by atoms with Gasteiger partial charge in [0, 0.05) is 31.7 Å². The molecule has 0 aliphatic carbocycles. The minimum atomic E-state index is -0.158. The Bertz CT molecular complexity index is 898.